The summed E-state index contributed by atoms with van der Waals surface area (Å²) in [7, 11) is 1.72. The molecule has 59 valence electrons. The largest absolute Gasteiger partial charge is 0.377 e. The molecule has 0 aliphatic heterocycles. The first kappa shape index (κ1) is 9.70. The van der Waals surface area contributed by atoms with Crippen LogP contribution >= 0.6 is 0 Å². The summed E-state index contributed by atoms with van der Waals surface area (Å²) in [6, 6.07) is 0. The molecule has 1 unspecified atom stereocenters. The monoisotopic (exact) mass is 141 g/mol. The van der Waals surface area contributed by atoms with Crippen molar-refractivity contribution < 1.29 is 4.74 Å². The maximum Gasteiger partial charge on any atom is 0.0749 e. The molecule has 0 aliphatic carbocycles. The van der Waals surface area contributed by atoms with Gasteiger partial charge in [-0.05, 0) is 6.42 Å². The van der Waals surface area contributed by atoms with Crippen LogP contribution in [0, 0.1) is 6.92 Å². The van der Waals surface area contributed by atoms with Crippen molar-refractivity contribution in [3.63, 3.8) is 0 Å². The first-order chi connectivity index (χ1) is 4.85. The number of rotatable bonds is 6. The highest BCUT2D eigenvalue weighted by molar-refractivity contribution is 4.78. The quantitative estimate of drug-likeness (QED) is 0.408. The molecule has 0 amide bonds. The van der Waals surface area contributed by atoms with Crippen molar-refractivity contribution in [2.24, 2.45) is 0 Å². The van der Waals surface area contributed by atoms with Gasteiger partial charge >= 0.3 is 0 Å². The summed E-state index contributed by atoms with van der Waals surface area (Å²) in [5.74, 6) is 0. The highest BCUT2D eigenvalue weighted by atomic mass is 16.5. The van der Waals surface area contributed by atoms with Crippen LogP contribution in [-0.4, -0.2) is 13.2 Å². The molecule has 1 radical (unpaired) electrons. The number of unbranched alkanes of at least 4 members (excludes halogenated alkanes) is 2. The molecule has 10 heavy (non-hydrogen) atoms. The van der Waals surface area contributed by atoms with Crippen LogP contribution in [0.2, 0.25) is 0 Å². The summed E-state index contributed by atoms with van der Waals surface area (Å²) in [5.41, 5.74) is 0. The van der Waals surface area contributed by atoms with Gasteiger partial charge in [0.2, 0.25) is 0 Å². The molecular weight excluding hydrogens is 124 g/mol. The predicted molar refractivity (Wildman–Crippen MR) is 44.8 cm³/mol. The molecule has 0 saturated heterocycles. The van der Waals surface area contributed by atoms with Gasteiger partial charge < -0.3 is 4.74 Å². The Kier molecular flexibility index (Phi) is 6.61. The Morgan fingerprint density at radius 3 is 2.60 bits per heavy atom. The van der Waals surface area contributed by atoms with Crippen molar-refractivity contribution in [1.82, 2.24) is 0 Å². The summed E-state index contributed by atoms with van der Waals surface area (Å²) in [6.45, 7) is 7.44. The van der Waals surface area contributed by atoms with Crippen LogP contribution in [0.25, 0.3) is 0 Å². The topological polar surface area (TPSA) is 9.23 Å². The van der Waals surface area contributed by atoms with Gasteiger partial charge in [-0.1, -0.05) is 32.3 Å². The zero-order valence-electron chi connectivity index (χ0n) is 6.81. The number of hydrogen-bond acceptors (Lipinski definition) is 1. The van der Waals surface area contributed by atoms with E-state index in [0.717, 1.165) is 12.8 Å². The standard InChI is InChI=1S/C9H17O/c1-4-6-7-8-9(5-2)10-3/h5,9H,1-2,4,6-8H2,3H3. The van der Waals surface area contributed by atoms with Gasteiger partial charge in [-0.3, -0.25) is 0 Å². The van der Waals surface area contributed by atoms with E-state index in [0.29, 0.717) is 0 Å². The minimum Gasteiger partial charge on any atom is -0.377 e. The first-order valence-corrected chi connectivity index (χ1v) is 3.79. The lowest BCUT2D eigenvalue weighted by Crippen LogP contribution is -2.05. The Morgan fingerprint density at radius 2 is 2.20 bits per heavy atom. The van der Waals surface area contributed by atoms with Gasteiger partial charge in [-0.25, -0.2) is 0 Å². The van der Waals surface area contributed by atoms with Crippen LogP contribution in [-0.2, 0) is 4.74 Å². The van der Waals surface area contributed by atoms with Gasteiger partial charge in [0.05, 0.1) is 6.10 Å². The van der Waals surface area contributed by atoms with Crippen LogP contribution in [0.5, 0.6) is 0 Å². The smallest absolute Gasteiger partial charge is 0.0749 e. The zero-order chi connectivity index (χ0) is 7.82. The molecule has 0 N–H and O–H groups in total. The molecule has 1 nitrogen and oxygen atoms in total. The van der Waals surface area contributed by atoms with E-state index < -0.39 is 0 Å². The Hall–Kier alpha value is -0.300. The molecule has 1 heteroatoms. The van der Waals surface area contributed by atoms with Crippen LogP contribution in [0.1, 0.15) is 25.7 Å². The second-order valence-corrected chi connectivity index (χ2v) is 2.36. The average molecular weight is 141 g/mol. The van der Waals surface area contributed by atoms with Crippen molar-refractivity contribution in [1.29, 1.82) is 0 Å². The fourth-order valence-electron chi connectivity index (χ4n) is 0.854. The summed E-state index contributed by atoms with van der Waals surface area (Å²) in [5, 5.41) is 0. The van der Waals surface area contributed by atoms with E-state index in [2.05, 4.69) is 13.5 Å². The second kappa shape index (κ2) is 6.81. The van der Waals surface area contributed by atoms with Gasteiger partial charge in [0.15, 0.2) is 0 Å². The molecule has 0 bridgehead atoms. The molecule has 0 aliphatic rings. The Morgan fingerprint density at radius 1 is 1.50 bits per heavy atom. The molecule has 0 rings (SSSR count). The molecule has 1 atom stereocenters. The van der Waals surface area contributed by atoms with Crippen molar-refractivity contribution >= 4 is 0 Å². The van der Waals surface area contributed by atoms with Gasteiger partial charge in [-0.2, -0.15) is 0 Å². The van der Waals surface area contributed by atoms with Crippen molar-refractivity contribution in [3.05, 3.63) is 19.6 Å². The van der Waals surface area contributed by atoms with Crippen LogP contribution < -0.4 is 0 Å². The van der Waals surface area contributed by atoms with E-state index in [1.807, 2.05) is 6.08 Å². The summed E-state index contributed by atoms with van der Waals surface area (Å²) in [6.07, 6.45) is 6.57. The van der Waals surface area contributed by atoms with E-state index >= 15 is 0 Å². The van der Waals surface area contributed by atoms with Crippen LogP contribution in [0.4, 0.5) is 0 Å². The van der Waals surface area contributed by atoms with Crippen LogP contribution in [0.15, 0.2) is 12.7 Å². The molecule has 0 heterocycles. The fraction of sp³-hybridized carbons (Fsp3) is 0.667. The minimum atomic E-state index is 0.242. The number of hydrogen-bond donors (Lipinski definition) is 0. The van der Waals surface area contributed by atoms with Crippen molar-refractivity contribution in [2.45, 2.75) is 31.8 Å². The van der Waals surface area contributed by atoms with E-state index in [1.54, 1.807) is 7.11 Å². The Bertz CT molecular complexity index is 78.8. The second-order valence-electron chi connectivity index (χ2n) is 2.36. The van der Waals surface area contributed by atoms with Crippen molar-refractivity contribution in [3.8, 4) is 0 Å². The third-order valence-corrected chi connectivity index (χ3v) is 1.55. The molecule has 0 saturated carbocycles. The normalized spacial score (nSPS) is 13.0. The average Bonchev–Trinajstić information content (AvgIpc) is 1.99. The van der Waals surface area contributed by atoms with Gasteiger partial charge in [-0.15, -0.1) is 6.58 Å². The van der Waals surface area contributed by atoms with Gasteiger partial charge in [0, 0.05) is 7.11 Å². The molecule has 0 aromatic rings. The highest BCUT2D eigenvalue weighted by Crippen LogP contribution is 2.05. The summed E-state index contributed by atoms with van der Waals surface area (Å²) in [4.78, 5) is 0. The van der Waals surface area contributed by atoms with E-state index in [-0.39, 0.29) is 6.10 Å². The number of methoxy groups -OCH3 is 1. The van der Waals surface area contributed by atoms with Gasteiger partial charge in [0.1, 0.15) is 0 Å². The molecule has 0 aromatic carbocycles. The fourth-order valence-corrected chi connectivity index (χ4v) is 0.854. The zero-order valence-corrected chi connectivity index (χ0v) is 6.81. The van der Waals surface area contributed by atoms with Crippen LogP contribution in [0.3, 0.4) is 0 Å². The highest BCUT2D eigenvalue weighted by Gasteiger charge is 1.98. The molecule has 0 spiro atoms. The third-order valence-electron chi connectivity index (χ3n) is 1.55. The maximum absolute atomic E-state index is 5.11. The SMILES string of the molecule is [CH2]CCCCC(C=C)OC. The molecular formula is C9H17O. The Labute approximate surface area is 64.1 Å². The minimum absolute atomic E-state index is 0.242. The lowest BCUT2D eigenvalue weighted by molar-refractivity contribution is 0.131. The van der Waals surface area contributed by atoms with E-state index in [4.69, 9.17) is 4.74 Å². The van der Waals surface area contributed by atoms with E-state index in [9.17, 15) is 0 Å². The first-order valence-electron chi connectivity index (χ1n) is 3.79. The number of ether oxygens (including phenoxy) is 1. The summed E-state index contributed by atoms with van der Waals surface area (Å²) < 4.78 is 5.11. The molecule has 0 fully saturated rings. The lowest BCUT2D eigenvalue weighted by Gasteiger charge is -2.08. The lowest BCUT2D eigenvalue weighted by atomic mass is 10.1. The predicted octanol–water partition coefficient (Wildman–Crippen LogP) is 2.58. The molecule has 0 aromatic heterocycles. The third kappa shape index (κ3) is 4.57. The van der Waals surface area contributed by atoms with E-state index in [1.165, 1.54) is 12.8 Å². The van der Waals surface area contributed by atoms with Gasteiger partial charge in [0.25, 0.3) is 0 Å². The Balaban J connectivity index is 3.17. The maximum atomic E-state index is 5.11. The summed E-state index contributed by atoms with van der Waals surface area (Å²) >= 11 is 0. The van der Waals surface area contributed by atoms with Crippen molar-refractivity contribution in [2.75, 3.05) is 7.11 Å².